The van der Waals surface area contributed by atoms with Crippen molar-refractivity contribution < 1.29 is 14.3 Å². The van der Waals surface area contributed by atoms with Gasteiger partial charge < -0.3 is 14.6 Å². The van der Waals surface area contributed by atoms with E-state index in [1.165, 1.54) is 33.5 Å². The number of hydrogen-bond acceptors (Lipinski definition) is 7. The number of hydrogen-bond donors (Lipinski definition) is 1. The van der Waals surface area contributed by atoms with Crippen LogP contribution >= 0.6 is 23.1 Å². The van der Waals surface area contributed by atoms with Crippen LogP contribution in [0.3, 0.4) is 0 Å². The van der Waals surface area contributed by atoms with Crippen molar-refractivity contribution in [1.29, 1.82) is 0 Å². The summed E-state index contributed by atoms with van der Waals surface area (Å²) in [7, 11) is 0. The van der Waals surface area contributed by atoms with E-state index in [9.17, 15) is 9.59 Å². The maximum Gasteiger partial charge on any atom is 0.341 e. The van der Waals surface area contributed by atoms with Gasteiger partial charge in [0.25, 0.3) is 0 Å². The van der Waals surface area contributed by atoms with E-state index < -0.39 is 0 Å². The molecule has 0 bridgehead atoms. The third-order valence-electron chi connectivity index (χ3n) is 5.85. The Morgan fingerprint density at radius 2 is 1.94 bits per heavy atom. The van der Waals surface area contributed by atoms with Crippen LogP contribution in [0.15, 0.2) is 29.4 Å². The number of fused-ring (bicyclic) bond motifs is 1. The van der Waals surface area contributed by atoms with Crippen LogP contribution in [0.2, 0.25) is 0 Å². The predicted molar refractivity (Wildman–Crippen MR) is 137 cm³/mol. The van der Waals surface area contributed by atoms with E-state index in [0.29, 0.717) is 34.8 Å². The molecule has 9 heteroatoms. The highest BCUT2D eigenvalue weighted by atomic mass is 32.2. The molecular weight excluding hydrogens is 468 g/mol. The van der Waals surface area contributed by atoms with Crippen LogP contribution in [0.5, 0.6) is 0 Å². The van der Waals surface area contributed by atoms with Crippen LogP contribution in [0.25, 0.3) is 11.4 Å². The first-order valence-electron chi connectivity index (χ1n) is 11.7. The maximum atomic E-state index is 12.8. The summed E-state index contributed by atoms with van der Waals surface area (Å²) < 4.78 is 7.27. The molecule has 1 aromatic carbocycles. The number of nitrogens with one attached hydrogen (secondary N) is 1. The molecule has 1 aliphatic rings. The molecule has 180 valence electrons. The van der Waals surface area contributed by atoms with Gasteiger partial charge >= 0.3 is 5.97 Å². The number of aryl methyl sites for hydroxylation is 1. The third kappa shape index (κ3) is 5.05. The number of amides is 1. The Morgan fingerprint density at radius 3 is 2.62 bits per heavy atom. The Hall–Kier alpha value is -2.65. The van der Waals surface area contributed by atoms with Crippen molar-refractivity contribution in [2.45, 2.75) is 64.6 Å². The van der Waals surface area contributed by atoms with E-state index >= 15 is 0 Å². The molecule has 0 unspecified atom stereocenters. The van der Waals surface area contributed by atoms with E-state index in [-0.39, 0.29) is 17.6 Å². The summed E-state index contributed by atoms with van der Waals surface area (Å²) in [5.74, 6) is 0.902. The van der Waals surface area contributed by atoms with Crippen LogP contribution in [0.4, 0.5) is 5.00 Å². The van der Waals surface area contributed by atoms with Crippen molar-refractivity contribution in [2.75, 3.05) is 17.7 Å². The van der Waals surface area contributed by atoms with Crippen molar-refractivity contribution >= 4 is 40.0 Å². The van der Waals surface area contributed by atoms with Gasteiger partial charge in [0.15, 0.2) is 11.0 Å². The average Bonchev–Trinajstić information content (AvgIpc) is 3.52. The van der Waals surface area contributed by atoms with Gasteiger partial charge in [-0.2, -0.15) is 0 Å². The number of aromatic nitrogens is 3. The smallest absolute Gasteiger partial charge is 0.341 e. The first-order valence-corrected chi connectivity index (χ1v) is 13.5. The number of anilines is 1. The molecule has 1 N–H and O–H groups in total. The molecule has 34 heavy (non-hydrogen) atoms. The number of rotatable bonds is 9. The van der Waals surface area contributed by atoms with Gasteiger partial charge in [-0.3, -0.25) is 4.79 Å². The monoisotopic (exact) mass is 498 g/mol. The summed E-state index contributed by atoms with van der Waals surface area (Å²) in [6.07, 6.45) is 2.83. The number of thioether (sulfide) groups is 1. The molecular formula is C25H30N4O3S2. The Labute approximate surface area is 208 Å². The molecule has 0 spiro atoms. The molecule has 1 aliphatic carbocycles. The summed E-state index contributed by atoms with van der Waals surface area (Å²) in [6.45, 7) is 9.17. The normalized spacial score (nSPS) is 12.7. The molecule has 0 fully saturated rings. The van der Waals surface area contributed by atoms with Crippen LogP contribution in [-0.2, 0) is 28.9 Å². The highest BCUT2D eigenvalue weighted by Gasteiger charge is 2.28. The molecule has 0 saturated heterocycles. The summed E-state index contributed by atoms with van der Waals surface area (Å²) in [5, 5.41) is 13.0. The standard InChI is InChI=1S/C25H30N4O3S2/c1-5-29-22(17-12-10-16(11-13-17)15(3)4)27-28-25(29)33-14-20(30)26-23-21(24(31)32-6-2)18-8-7-9-19(18)34-23/h10-13,15H,5-9,14H2,1-4H3,(H,26,30). The van der Waals surface area contributed by atoms with Gasteiger partial charge in [0.05, 0.1) is 17.9 Å². The van der Waals surface area contributed by atoms with E-state index in [4.69, 9.17) is 4.74 Å². The highest BCUT2D eigenvalue weighted by Crippen LogP contribution is 2.39. The molecule has 2 aromatic heterocycles. The second-order valence-corrected chi connectivity index (χ2v) is 10.5. The molecule has 2 heterocycles. The van der Waals surface area contributed by atoms with Gasteiger partial charge in [0.2, 0.25) is 5.91 Å². The fourth-order valence-electron chi connectivity index (χ4n) is 4.12. The lowest BCUT2D eigenvalue weighted by Crippen LogP contribution is -2.17. The molecule has 0 aliphatic heterocycles. The number of carbonyl (C=O) groups excluding carboxylic acids is 2. The topological polar surface area (TPSA) is 86.1 Å². The molecule has 0 atom stereocenters. The maximum absolute atomic E-state index is 12.8. The van der Waals surface area contributed by atoms with Crippen LogP contribution in [0, 0.1) is 0 Å². The SMILES string of the molecule is CCOC(=O)c1c(NC(=O)CSc2nnc(-c3ccc(C(C)C)cc3)n2CC)sc2c1CCC2. The lowest BCUT2D eigenvalue weighted by atomic mass is 10.0. The first-order chi connectivity index (χ1) is 16.4. The summed E-state index contributed by atoms with van der Waals surface area (Å²) >= 11 is 2.83. The van der Waals surface area contributed by atoms with Crippen molar-refractivity contribution in [3.8, 4) is 11.4 Å². The number of esters is 1. The van der Waals surface area contributed by atoms with E-state index in [1.54, 1.807) is 6.92 Å². The van der Waals surface area contributed by atoms with E-state index in [1.807, 2.05) is 11.5 Å². The quantitative estimate of drug-likeness (QED) is 0.308. The van der Waals surface area contributed by atoms with Crippen LogP contribution < -0.4 is 5.32 Å². The van der Waals surface area contributed by atoms with Crippen molar-refractivity contribution in [2.24, 2.45) is 0 Å². The molecule has 0 radical (unpaired) electrons. The van der Waals surface area contributed by atoms with Gasteiger partial charge in [0.1, 0.15) is 5.00 Å². The van der Waals surface area contributed by atoms with Gasteiger partial charge in [-0.25, -0.2) is 4.79 Å². The Kier molecular flexibility index (Phi) is 7.73. The van der Waals surface area contributed by atoms with Crippen LogP contribution in [0.1, 0.15) is 66.4 Å². The zero-order chi connectivity index (χ0) is 24.2. The van der Waals surface area contributed by atoms with E-state index in [0.717, 1.165) is 36.2 Å². The zero-order valence-corrected chi connectivity index (χ0v) is 21.6. The molecule has 0 saturated carbocycles. The van der Waals surface area contributed by atoms with Gasteiger partial charge in [-0.1, -0.05) is 49.9 Å². The summed E-state index contributed by atoms with van der Waals surface area (Å²) in [5.41, 5.74) is 3.84. The van der Waals surface area contributed by atoms with Gasteiger partial charge in [-0.05, 0) is 50.2 Å². The third-order valence-corrected chi connectivity index (χ3v) is 8.03. The summed E-state index contributed by atoms with van der Waals surface area (Å²) in [4.78, 5) is 26.5. The highest BCUT2D eigenvalue weighted by molar-refractivity contribution is 7.99. The molecule has 1 amide bonds. The van der Waals surface area contributed by atoms with Crippen LogP contribution in [-0.4, -0.2) is 39.0 Å². The number of carbonyl (C=O) groups is 2. The van der Waals surface area contributed by atoms with E-state index in [2.05, 4.69) is 53.6 Å². The van der Waals surface area contributed by atoms with Crippen molar-refractivity contribution in [1.82, 2.24) is 14.8 Å². The number of ether oxygens (including phenoxy) is 1. The Morgan fingerprint density at radius 1 is 1.18 bits per heavy atom. The van der Waals surface area contributed by atoms with Gasteiger partial charge in [-0.15, -0.1) is 21.5 Å². The largest absolute Gasteiger partial charge is 0.462 e. The van der Waals surface area contributed by atoms with Gasteiger partial charge in [0, 0.05) is 17.0 Å². The lowest BCUT2D eigenvalue weighted by molar-refractivity contribution is -0.113. The number of thiophene rings is 1. The summed E-state index contributed by atoms with van der Waals surface area (Å²) in [6, 6.07) is 8.38. The molecule has 7 nitrogen and oxygen atoms in total. The fraction of sp³-hybridized carbons (Fsp3) is 0.440. The fourth-order valence-corrected chi connectivity index (χ4v) is 6.21. The number of nitrogens with zero attached hydrogens (tertiary/aromatic N) is 3. The minimum Gasteiger partial charge on any atom is -0.462 e. The Bertz CT molecular complexity index is 1180. The zero-order valence-electron chi connectivity index (χ0n) is 20.0. The van der Waals surface area contributed by atoms with Crippen molar-refractivity contribution in [3.63, 3.8) is 0 Å². The second kappa shape index (κ2) is 10.7. The van der Waals surface area contributed by atoms with Crippen molar-refractivity contribution in [3.05, 3.63) is 45.8 Å². The first kappa shape index (κ1) is 24.5. The number of benzene rings is 1. The minimum atomic E-state index is -0.358. The lowest BCUT2D eigenvalue weighted by Gasteiger charge is -2.10. The second-order valence-electron chi connectivity index (χ2n) is 8.45. The molecule has 3 aromatic rings. The average molecular weight is 499 g/mol. The minimum absolute atomic E-state index is 0.176. The Balaban J connectivity index is 1.46. The molecule has 4 rings (SSSR count). The predicted octanol–water partition coefficient (Wildman–Crippen LogP) is 5.55.